The van der Waals surface area contributed by atoms with Crippen LogP contribution in [-0.4, -0.2) is 29.9 Å². The van der Waals surface area contributed by atoms with Gasteiger partial charge in [0.1, 0.15) is 0 Å². The van der Waals surface area contributed by atoms with E-state index in [-0.39, 0.29) is 0 Å². The highest BCUT2D eigenvalue weighted by atomic mass is 79.9. The van der Waals surface area contributed by atoms with E-state index in [1.807, 2.05) is 36.4 Å². The molecule has 0 fully saturated rings. The van der Waals surface area contributed by atoms with Crippen molar-refractivity contribution in [1.82, 2.24) is 29.9 Å². The van der Waals surface area contributed by atoms with Gasteiger partial charge in [0.2, 0.25) is 0 Å². The van der Waals surface area contributed by atoms with Crippen molar-refractivity contribution in [3.05, 3.63) is 70.1 Å². The first-order valence-electron chi connectivity index (χ1n) is 9.84. The van der Waals surface area contributed by atoms with Gasteiger partial charge in [0.05, 0.1) is 44.1 Å². The highest BCUT2D eigenvalue weighted by molar-refractivity contribution is 9.10. The minimum Gasteiger partial charge on any atom is -0.254 e. The average molecular weight is 542 g/mol. The summed E-state index contributed by atoms with van der Waals surface area (Å²) in [5.74, 6) is 0. The maximum Gasteiger partial charge on any atom is 0.0997 e. The number of hydrogen-bond donors (Lipinski definition) is 0. The van der Waals surface area contributed by atoms with Gasteiger partial charge in [0.15, 0.2) is 0 Å². The van der Waals surface area contributed by atoms with Gasteiger partial charge in [-0.15, -0.1) is 0 Å². The van der Waals surface area contributed by atoms with Crippen LogP contribution < -0.4 is 0 Å². The molecule has 0 atom stereocenters. The average Bonchev–Trinajstić information content (AvgIpc) is 2.83. The zero-order chi connectivity index (χ0) is 21.4. The molecule has 2 aromatic carbocycles. The highest BCUT2D eigenvalue weighted by Gasteiger charge is 2.18. The summed E-state index contributed by atoms with van der Waals surface area (Å²) in [7, 11) is 0. The van der Waals surface area contributed by atoms with Gasteiger partial charge in [-0.1, -0.05) is 0 Å². The first kappa shape index (κ1) is 18.2. The second-order valence-corrected chi connectivity index (χ2v) is 9.35. The van der Waals surface area contributed by atoms with Crippen LogP contribution in [0, 0.1) is 0 Å². The number of halogens is 2. The molecular weight excluding hydrogens is 532 g/mol. The number of aromatic nitrogens is 6. The lowest BCUT2D eigenvalue weighted by molar-refractivity contribution is 1.34. The molecule has 0 N–H and O–H groups in total. The Hall–Kier alpha value is -3.36. The van der Waals surface area contributed by atoms with Gasteiger partial charge < -0.3 is 0 Å². The lowest BCUT2D eigenvalue weighted by atomic mass is 10.0. The monoisotopic (exact) mass is 540 g/mol. The SMILES string of the molecule is Brc1cnc2c(c1)c1nc3c4cccnc4c4ncccc4c3nc1c1cc(Br)cnc12. The number of fused-ring (bicyclic) bond motifs is 12. The third kappa shape index (κ3) is 2.44. The van der Waals surface area contributed by atoms with Gasteiger partial charge in [-0.2, -0.15) is 0 Å². The van der Waals surface area contributed by atoms with Gasteiger partial charge in [0.25, 0.3) is 0 Å². The summed E-state index contributed by atoms with van der Waals surface area (Å²) in [6.07, 6.45) is 7.13. The van der Waals surface area contributed by atoms with Crippen molar-refractivity contribution in [1.29, 1.82) is 0 Å². The minimum absolute atomic E-state index is 0.780. The molecule has 6 nitrogen and oxygen atoms in total. The number of rotatable bonds is 0. The molecule has 0 spiro atoms. The lowest BCUT2D eigenvalue weighted by Crippen LogP contribution is -1.97. The predicted octanol–water partition coefficient (Wildman–Crippen LogP) is 6.50. The Morgan fingerprint density at radius 2 is 0.875 bits per heavy atom. The molecule has 7 aromatic rings. The van der Waals surface area contributed by atoms with Crippen LogP contribution in [0.4, 0.5) is 0 Å². The summed E-state index contributed by atoms with van der Waals surface area (Å²) in [6, 6.07) is 11.9. The number of nitrogens with zero attached hydrogens (tertiary/aromatic N) is 6. The summed E-state index contributed by atoms with van der Waals surface area (Å²) in [4.78, 5) is 28.9. The van der Waals surface area contributed by atoms with Gasteiger partial charge >= 0.3 is 0 Å². The first-order valence-corrected chi connectivity index (χ1v) is 11.4. The molecule has 5 aromatic heterocycles. The van der Waals surface area contributed by atoms with Crippen LogP contribution in [0.2, 0.25) is 0 Å². The Balaban J connectivity index is 1.85. The van der Waals surface area contributed by atoms with E-state index >= 15 is 0 Å². The molecular formula is C24H10Br2N6. The molecule has 7 rings (SSSR count). The fourth-order valence-electron chi connectivity index (χ4n) is 4.37. The summed E-state index contributed by atoms with van der Waals surface area (Å²) in [6.45, 7) is 0. The van der Waals surface area contributed by atoms with E-state index in [0.29, 0.717) is 0 Å². The van der Waals surface area contributed by atoms with Crippen LogP contribution in [0.5, 0.6) is 0 Å². The Bertz CT molecular complexity index is 1780. The molecule has 0 aliphatic heterocycles. The molecule has 0 amide bonds. The van der Waals surface area contributed by atoms with Crippen molar-refractivity contribution >= 4 is 97.5 Å². The quantitative estimate of drug-likeness (QED) is 0.161. The fourth-order valence-corrected chi connectivity index (χ4v) is 5.04. The molecule has 0 aliphatic rings. The second kappa shape index (κ2) is 6.57. The molecule has 0 aliphatic carbocycles. The Kier molecular flexibility index (Phi) is 3.74. The fraction of sp³-hybridized carbons (Fsp3) is 0. The van der Waals surface area contributed by atoms with Gasteiger partial charge in [-0.25, -0.2) is 9.97 Å². The van der Waals surface area contributed by atoms with Crippen molar-refractivity contribution < 1.29 is 0 Å². The number of benzene rings is 2. The Labute approximate surface area is 197 Å². The maximum atomic E-state index is 5.17. The molecule has 0 saturated carbocycles. The smallest absolute Gasteiger partial charge is 0.0997 e. The zero-order valence-electron chi connectivity index (χ0n) is 16.2. The van der Waals surface area contributed by atoms with Crippen molar-refractivity contribution in [3.63, 3.8) is 0 Å². The molecule has 0 bridgehead atoms. The molecule has 32 heavy (non-hydrogen) atoms. The van der Waals surface area contributed by atoms with Crippen LogP contribution in [0.25, 0.3) is 65.7 Å². The predicted molar refractivity (Wildman–Crippen MR) is 134 cm³/mol. The molecule has 150 valence electrons. The summed E-state index contributed by atoms with van der Waals surface area (Å²) >= 11 is 7.12. The van der Waals surface area contributed by atoms with Gasteiger partial charge in [-0.3, -0.25) is 19.9 Å². The third-order valence-electron chi connectivity index (χ3n) is 5.69. The summed E-state index contributed by atoms with van der Waals surface area (Å²) < 4.78 is 1.75. The van der Waals surface area contributed by atoms with E-state index < -0.39 is 0 Å². The van der Waals surface area contributed by atoms with E-state index in [2.05, 4.69) is 51.8 Å². The summed E-state index contributed by atoms with van der Waals surface area (Å²) in [5.41, 5.74) is 6.37. The summed E-state index contributed by atoms with van der Waals surface area (Å²) in [5, 5.41) is 3.64. The zero-order valence-corrected chi connectivity index (χ0v) is 19.4. The molecule has 8 heteroatoms. The highest BCUT2D eigenvalue weighted by Crippen LogP contribution is 2.37. The van der Waals surface area contributed by atoms with Crippen molar-refractivity contribution in [2.45, 2.75) is 0 Å². The molecule has 5 heterocycles. The molecule has 0 unspecified atom stereocenters. The van der Waals surface area contributed by atoms with Crippen LogP contribution >= 0.6 is 31.9 Å². The van der Waals surface area contributed by atoms with Crippen LogP contribution in [-0.2, 0) is 0 Å². The largest absolute Gasteiger partial charge is 0.254 e. The van der Waals surface area contributed by atoms with E-state index in [9.17, 15) is 0 Å². The first-order chi connectivity index (χ1) is 15.7. The third-order valence-corrected chi connectivity index (χ3v) is 6.56. The van der Waals surface area contributed by atoms with Crippen molar-refractivity contribution in [3.8, 4) is 0 Å². The molecule has 0 radical (unpaired) electrons. The van der Waals surface area contributed by atoms with Crippen LogP contribution in [0.3, 0.4) is 0 Å². The van der Waals surface area contributed by atoms with Crippen molar-refractivity contribution in [2.75, 3.05) is 0 Å². The van der Waals surface area contributed by atoms with Crippen LogP contribution in [0.1, 0.15) is 0 Å². The van der Waals surface area contributed by atoms with E-state index in [4.69, 9.17) is 9.97 Å². The standard InChI is InChI=1S/C24H10Br2N6/c25-11-7-15-19(29-9-11)20-16(8-12(26)10-30-20)24-23(15)31-21-13-3-1-5-27-17(13)18-14(22(21)32-24)4-2-6-28-18/h1-10H. The molecule has 0 saturated heterocycles. The maximum absolute atomic E-state index is 5.17. The Morgan fingerprint density at radius 3 is 1.34 bits per heavy atom. The second-order valence-electron chi connectivity index (χ2n) is 7.52. The van der Waals surface area contributed by atoms with E-state index in [1.165, 1.54) is 0 Å². The lowest BCUT2D eigenvalue weighted by Gasteiger charge is -2.12. The van der Waals surface area contributed by atoms with Gasteiger partial charge in [-0.05, 0) is 68.3 Å². The van der Waals surface area contributed by atoms with E-state index in [1.54, 1.807) is 24.8 Å². The minimum atomic E-state index is 0.780. The van der Waals surface area contributed by atoms with Gasteiger partial charge in [0, 0.05) is 55.3 Å². The number of pyridine rings is 4. The Morgan fingerprint density at radius 1 is 0.469 bits per heavy atom. The number of hydrogen-bond acceptors (Lipinski definition) is 6. The topological polar surface area (TPSA) is 77.3 Å². The normalized spacial score (nSPS) is 12.1. The van der Waals surface area contributed by atoms with Crippen LogP contribution in [0.15, 0.2) is 70.1 Å². The van der Waals surface area contributed by atoms with E-state index in [0.717, 1.165) is 74.6 Å². The van der Waals surface area contributed by atoms with Crippen molar-refractivity contribution in [2.24, 2.45) is 0 Å².